The summed E-state index contributed by atoms with van der Waals surface area (Å²) in [6.45, 7) is 6.82. The zero-order valence-electron chi connectivity index (χ0n) is 21.7. The van der Waals surface area contributed by atoms with Crippen molar-refractivity contribution in [3.8, 4) is 40.6 Å². The standard InChI is InChI=1S/C32H36O5/c1-3-5-6-7-8-9-10-15-26-37-32(34)29-18-16-27(17-19-29)28-20-22-30(23-21-28)35-24-13-11-12-14-25-36-31(33)4-2/h4,16-23H,2-3,5-6,11-15,24-26H2,1H3. The molecule has 5 heteroatoms. The van der Waals surface area contributed by atoms with Crippen LogP contribution in [0.25, 0.3) is 11.1 Å². The van der Waals surface area contributed by atoms with Crippen molar-refractivity contribution < 1.29 is 23.8 Å². The summed E-state index contributed by atoms with van der Waals surface area (Å²) in [4.78, 5) is 23.2. The van der Waals surface area contributed by atoms with Gasteiger partial charge < -0.3 is 14.2 Å². The second-order valence-corrected chi connectivity index (χ2v) is 8.33. The fraction of sp³-hybridized carbons (Fsp3) is 0.375. The molecule has 2 aromatic rings. The number of unbranched alkanes of at least 4 members (excludes halogenated alkanes) is 5. The van der Waals surface area contributed by atoms with Crippen molar-refractivity contribution in [3.05, 3.63) is 66.7 Å². The SMILES string of the molecule is C=CC(=O)OCCCCCCOc1ccc(-c2ccc(C(=O)OCCC#CC#CCCCC)cc2)cc1. The minimum absolute atomic E-state index is 0.247. The van der Waals surface area contributed by atoms with E-state index in [1.807, 2.05) is 36.4 Å². The molecule has 0 aliphatic heterocycles. The Balaban J connectivity index is 1.67. The van der Waals surface area contributed by atoms with Crippen LogP contribution >= 0.6 is 0 Å². The van der Waals surface area contributed by atoms with Crippen LogP contribution in [0.15, 0.2) is 61.2 Å². The van der Waals surface area contributed by atoms with E-state index in [0.29, 0.717) is 25.2 Å². The molecule has 2 aromatic carbocycles. The highest BCUT2D eigenvalue weighted by molar-refractivity contribution is 5.90. The zero-order chi connectivity index (χ0) is 26.6. The Morgan fingerprint density at radius 1 is 0.757 bits per heavy atom. The minimum atomic E-state index is -0.373. The molecule has 0 amide bonds. The van der Waals surface area contributed by atoms with E-state index in [4.69, 9.17) is 14.2 Å². The van der Waals surface area contributed by atoms with Gasteiger partial charge >= 0.3 is 11.9 Å². The van der Waals surface area contributed by atoms with Crippen LogP contribution in [0, 0.1) is 23.7 Å². The van der Waals surface area contributed by atoms with Crippen LogP contribution < -0.4 is 4.74 Å². The molecular formula is C32H36O5. The molecule has 0 aliphatic rings. The smallest absolute Gasteiger partial charge is 0.338 e. The molecule has 0 atom stereocenters. The first-order chi connectivity index (χ1) is 18.1. The Morgan fingerprint density at radius 3 is 2.03 bits per heavy atom. The third kappa shape index (κ3) is 12.5. The first-order valence-corrected chi connectivity index (χ1v) is 12.9. The molecule has 5 nitrogen and oxygen atoms in total. The van der Waals surface area contributed by atoms with Gasteiger partial charge in [0.05, 0.1) is 18.8 Å². The lowest BCUT2D eigenvalue weighted by atomic mass is 10.0. The van der Waals surface area contributed by atoms with Gasteiger partial charge in [0.1, 0.15) is 12.4 Å². The largest absolute Gasteiger partial charge is 0.494 e. The van der Waals surface area contributed by atoms with Gasteiger partial charge in [-0.2, -0.15) is 0 Å². The first kappa shape index (κ1) is 29.3. The molecule has 194 valence electrons. The summed E-state index contributed by atoms with van der Waals surface area (Å²) in [7, 11) is 0. The van der Waals surface area contributed by atoms with Gasteiger partial charge in [-0.25, -0.2) is 9.59 Å². The molecule has 0 saturated carbocycles. The van der Waals surface area contributed by atoms with Gasteiger partial charge in [-0.3, -0.25) is 0 Å². The van der Waals surface area contributed by atoms with Crippen LogP contribution in [0.3, 0.4) is 0 Å². The van der Waals surface area contributed by atoms with Gasteiger partial charge in [0.15, 0.2) is 0 Å². The number of rotatable bonds is 15. The molecule has 37 heavy (non-hydrogen) atoms. The van der Waals surface area contributed by atoms with Crippen molar-refractivity contribution in [3.63, 3.8) is 0 Å². The van der Waals surface area contributed by atoms with E-state index in [1.165, 1.54) is 6.08 Å². The Labute approximate surface area is 221 Å². The fourth-order valence-corrected chi connectivity index (χ4v) is 3.28. The molecule has 0 unspecified atom stereocenters. The lowest BCUT2D eigenvalue weighted by Crippen LogP contribution is -2.05. The summed E-state index contributed by atoms with van der Waals surface area (Å²) in [6.07, 6.45) is 8.51. The van der Waals surface area contributed by atoms with Crippen LogP contribution in [0.5, 0.6) is 5.75 Å². The number of ether oxygens (including phenoxy) is 3. The molecule has 0 bridgehead atoms. The lowest BCUT2D eigenvalue weighted by Gasteiger charge is -2.08. The van der Waals surface area contributed by atoms with Gasteiger partial charge in [0, 0.05) is 18.9 Å². The highest BCUT2D eigenvalue weighted by Crippen LogP contribution is 2.23. The van der Waals surface area contributed by atoms with Gasteiger partial charge in [0.2, 0.25) is 0 Å². The second-order valence-electron chi connectivity index (χ2n) is 8.33. The van der Waals surface area contributed by atoms with E-state index in [9.17, 15) is 9.59 Å². The molecule has 0 N–H and O–H groups in total. The van der Waals surface area contributed by atoms with Gasteiger partial charge in [-0.05, 0) is 79.3 Å². The summed E-state index contributed by atoms with van der Waals surface area (Å²) < 4.78 is 16.1. The second kappa shape index (κ2) is 18.3. The predicted octanol–water partition coefficient (Wildman–Crippen LogP) is 6.77. The molecule has 2 rings (SSSR count). The predicted molar refractivity (Wildman–Crippen MR) is 147 cm³/mol. The van der Waals surface area contributed by atoms with Crippen LogP contribution in [-0.2, 0) is 14.3 Å². The van der Waals surface area contributed by atoms with Crippen molar-refractivity contribution in [1.29, 1.82) is 0 Å². The summed E-state index contributed by atoms with van der Waals surface area (Å²) in [6, 6.07) is 15.2. The number of hydrogen-bond acceptors (Lipinski definition) is 5. The Morgan fingerprint density at radius 2 is 1.38 bits per heavy atom. The average Bonchev–Trinajstić information content (AvgIpc) is 2.93. The van der Waals surface area contributed by atoms with E-state index in [1.54, 1.807) is 12.1 Å². The van der Waals surface area contributed by atoms with Crippen LogP contribution in [0.2, 0.25) is 0 Å². The van der Waals surface area contributed by atoms with E-state index in [2.05, 4.69) is 37.2 Å². The number of hydrogen-bond donors (Lipinski definition) is 0. The van der Waals surface area contributed by atoms with Crippen molar-refractivity contribution in [2.45, 2.75) is 58.3 Å². The maximum atomic E-state index is 12.2. The molecule has 0 heterocycles. The van der Waals surface area contributed by atoms with E-state index < -0.39 is 0 Å². The average molecular weight is 501 g/mol. The normalized spacial score (nSPS) is 9.76. The summed E-state index contributed by atoms with van der Waals surface area (Å²) in [5, 5.41) is 0. The van der Waals surface area contributed by atoms with Crippen LogP contribution in [-0.4, -0.2) is 31.8 Å². The summed E-state index contributed by atoms with van der Waals surface area (Å²) in [5.74, 6) is 11.6. The quantitative estimate of drug-likeness (QED) is 0.117. The minimum Gasteiger partial charge on any atom is -0.494 e. The number of carbonyl (C=O) groups excluding carboxylic acids is 2. The molecule has 0 fully saturated rings. The first-order valence-electron chi connectivity index (χ1n) is 12.9. The topological polar surface area (TPSA) is 61.8 Å². The Bertz CT molecular complexity index is 1090. The van der Waals surface area contributed by atoms with E-state index >= 15 is 0 Å². The maximum absolute atomic E-state index is 12.2. The number of carbonyl (C=O) groups is 2. The molecule has 0 saturated heterocycles. The Hall–Kier alpha value is -3.96. The van der Waals surface area contributed by atoms with Crippen LogP contribution in [0.1, 0.15) is 68.6 Å². The highest BCUT2D eigenvalue weighted by Gasteiger charge is 2.07. The van der Waals surface area contributed by atoms with Gasteiger partial charge in [-0.15, -0.1) is 0 Å². The van der Waals surface area contributed by atoms with Crippen molar-refractivity contribution in [2.24, 2.45) is 0 Å². The third-order valence-electron chi connectivity index (χ3n) is 5.38. The molecule has 0 radical (unpaired) electrons. The van der Waals surface area contributed by atoms with Crippen molar-refractivity contribution in [1.82, 2.24) is 0 Å². The lowest BCUT2D eigenvalue weighted by molar-refractivity contribution is -0.137. The fourth-order valence-electron chi connectivity index (χ4n) is 3.28. The highest BCUT2D eigenvalue weighted by atomic mass is 16.5. The van der Waals surface area contributed by atoms with Crippen molar-refractivity contribution >= 4 is 11.9 Å². The maximum Gasteiger partial charge on any atom is 0.338 e. The van der Waals surface area contributed by atoms with E-state index in [0.717, 1.165) is 61.8 Å². The van der Waals surface area contributed by atoms with E-state index in [-0.39, 0.29) is 18.5 Å². The Kier molecular flexibility index (Phi) is 14.5. The monoisotopic (exact) mass is 500 g/mol. The van der Waals surface area contributed by atoms with Crippen LogP contribution in [0.4, 0.5) is 0 Å². The van der Waals surface area contributed by atoms with Gasteiger partial charge in [-0.1, -0.05) is 56.0 Å². The van der Waals surface area contributed by atoms with Crippen molar-refractivity contribution in [2.75, 3.05) is 19.8 Å². The molecular weight excluding hydrogens is 464 g/mol. The third-order valence-corrected chi connectivity index (χ3v) is 5.38. The number of esters is 2. The zero-order valence-corrected chi connectivity index (χ0v) is 21.7. The summed E-state index contributed by atoms with van der Waals surface area (Å²) in [5.41, 5.74) is 2.55. The number of benzene rings is 2. The molecule has 0 aliphatic carbocycles. The van der Waals surface area contributed by atoms with Gasteiger partial charge in [0.25, 0.3) is 0 Å². The molecule has 0 aromatic heterocycles. The summed E-state index contributed by atoms with van der Waals surface area (Å²) >= 11 is 0. The molecule has 0 spiro atoms.